The molecule has 2 aliphatic rings. The van der Waals surface area contributed by atoms with Crippen molar-refractivity contribution in [3.63, 3.8) is 0 Å². The summed E-state index contributed by atoms with van der Waals surface area (Å²) in [5.74, 6) is 0.226. The normalized spacial score (nSPS) is 22.4. The summed E-state index contributed by atoms with van der Waals surface area (Å²) in [5.41, 5.74) is 0. The lowest BCUT2D eigenvalue weighted by Gasteiger charge is -2.33. The maximum Gasteiger partial charge on any atom is 0.163 e. The summed E-state index contributed by atoms with van der Waals surface area (Å²) in [5, 5.41) is 7.26. The van der Waals surface area contributed by atoms with E-state index in [4.69, 9.17) is 9.47 Å². The first-order chi connectivity index (χ1) is 19.1. The zero-order valence-electron chi connectivity index (χ0n) is 22.7. The van der Waals surface area contributed by atoms with E-state index in [1.807, 2.05) is 0 Å². The number of rotatable bonds is 7. The van der Waals surface area contributed by atoms with Gasteiger partial charge >= 0.3 is 0 Å². The Bertz CT molecular complexity index is 1290. The Kier molecular flexibility index (Phi) is 8.10. The fraction of sp³-hybridized carbons (Fsp3) is 0.257. The van der Waals surface area contributed by atoms with Gasteiger partial charge in [-0.25, -0.2) is 0 Å². The van der Waals surface area contributed by atoms with Crippen molar-refractivity contribution < 1.29 is 9.47 Å². The largest absolute Gasteiger partial charge is 0.350 e. The average Bonchev–Trinajstić information content (AvgIpc) is 3.19. The van der Waals surface area contributed by atoms with Gasteiger partial charge in [0.15, 0.2) is 5.79 Å². The molecule has 4 heteroatoms. The monoisotopic (exact) mass is 550 g/mol. The molecule has 1 aliphatic carbocycles. The molecule has 1 heterocycles. The van der Waals surface area contributed by atoms with Gasteiger partial charge < -0.3 is 9.47 Å². The summed E-state index contributed by atoms with van der Waals surface area (Å²) in [7, 11) is -1.23. The number of fused-ring (bicyclic) bond motifs is 1. The third kappa shape index (κ3) is 5.96. The molecule has 0 bridgehead atoms. The second kappa shape index (κ2) is 11.9. The first kappa shape index (κ1) is 26.6. The fourth-order valence-electron chi connectivity index (χ4n) is 6.00. The first-order valence-corrected chi connectivity index (χ1v) is 16.8. The molecule has 0 unspecified atom stereocenters. The van der Waals surface area contributed by atoms with E-state index in [-0.39, 0.29) is 6.10 Å². The highest BCUT2D eigenvalue weighted by Crippen LogP contribution is 2.57. The molecule has 2 nitrogen and oxygen atoms in total. The maximum absolute atomic E-state index is 6.72. The zero-order valence-corrected chi connectivity index (χ0v) is 24.5. The van der Waals surface area contributed by atoms with Crippen LogP contribution in [0.15, 0.2) is 133 Å². The number of hydrogen-bond donors (Lipinski definition) is 0. The van der Waals surface area contributed by atoms with Gasteiger partial charge in [0.2, 0.25) is 0 Å². The van der Waals surface area contributed by atoms with E-state index in [1.54, 1.807) is 5.31 Å². The van der Waals surface area contributed by atoms with Crippen LogP contribution in [0.3, 0.4) is 0 Å². The van der Waals surface area contributed by atoms with E-state index in [2.05, 4.69) is 141 Å². The predicted molar refractivity (Wildman–Crippen MR) is 168 cm³/mol. The van der Waals surface area contributed by atoms with Crippen LogP contribution in [0.25, 0.3) is 0 Å². The number of ether oxygens (including phenoxy) is 2. The minimum atomic E-state index is -0.685. The van der Waals surface area contributed by atoms with Crippen molar-refractivity contribution in [2.24, 2.45) is 11.8 Å². The molecule has 4 aromatic carbocycles. The van der Waals surface area contributed by atoms with Gasteiger partial charge in [-0.2, -0.15) is 0 Å². The topological polar surface area (TPSA) is 18.5 Å². The zero-order chi connectivity index (χ0) is 26.7. The minimum absolute atomic E-state index is 0.0586. The minimum Gasteiger partial charge on any atom is -0.350 e. The van der Waals surface area contributed by atoms with Crippen LogP contribution in [0.2, 0.25) is 0 Å². The molecule has 198 valence electrons. The van der Waals surface area contributed by atoms with Crippen molar-refractivity contribution in [2.75, 3.05) is 12.8 Å². The highest BCUT2D eigenvalue weighted by atomic mass is 31.1. The van der Waals surface area contributed by atoms with Crippen LogP contribution >= 0.6 is 15.8 Å². The van der Waals surface area contributed by atoms with Crippen molar-refractivity contribution in [3.8, 4) is 0 Å². The Morgan fingerprint density at radius 3 is 1.62 bits per heavy atom. The molecular weight excluding hydrogens is 514 g/mol. The lowest BCUT2D eigenvalue weighted by molar-refractivity contribution is -0.216. The third-order valence-corrected chi connectivity index (χ3v) is 13.0. The number of allylic oxidation sites excluding steroid dienone is 1. The molecule has 1 saturated heterocycles. The van der Waals surface area contributed by atoms with Crippen molar-refractivity contribution in [1.29, 1.82) is 0 Å². The lowest BCUT2D eigenvalue weighted by Crippen LogP contribution is -2.33. The van der Waals surface area contributed by atoms with Gasteiger partial charge in [0.05, 0.1) is 12.7 Å². The lowest BCUT2D eigenvalue weighted by atomic mass is 9.92. The molecular formula is C35H36O2P2. The highest BCUT2D eigenvalue weighted by Gasteiger charge is 2.45. The molecule has 0 aromatic heterocycles. The van der Waals surface area contributed by atoms with Gasteiger partial charge in [-0.1, -0.05) is 127 Å². The summed E-state index contributed by atoms with van der Waals surface area (Å²) in [6.07, 6.45) is 4.68. The number of hydrogen-bond acceptors (Lipinski definition) is 2. The molecule has 0 amide bonds. The molecule has 1 fully saturated rings. The smallest absolute Gasteiger partial charge is 0.163 e. The molecule has 4 aromatic rings. The Labute approximate surface area is 235 Å². The predicted octanol–water partition coefficient (Wildman–Crippen LogP) is 6.92. The van der Waals surface area contributed by atoms with Crippen molar-refractivity contribution in [2.45, 2.75) is 32.2 Å². The first-order valence-electron chi connectivity index (χ1n) is 13.9. The maximum atomic E-state index is 6.72. The molecule has 0 N–H and O–H groups in total. The Hall–Kier alpha value is -2.60. The summed E-state index contributed by atoms with van der Waals surface area (Å²) in [4.78, 5) is 0. The van der Waals surface area contributed by atoms with Crippen molar-refractivity contribution in [1.82, 2.24) is 0 Å². The van der Waals surface area contributed by atoms with Crippen LogP contribution < -0.4 is 21.2 Å². The molecule has 1 aliphatic heterocycles. The van der Waals surface area contributed by atoms with Crippen LogP contribution in [0.4, 0.5) is 0 Å². The quantitative estimate of drug-likeness (QED) is 0.233. The molecule has 39 heavy (non-hydrogen) atoms. The molecule has 0 saturated carbocycles. The molecule has 0 radical (unpaired) electrons. The number of benzene rings is 4. The van der Waals surface area contributed by atoms with Gasteiger partial charge in [-0.15, -0.1) is 0 Å². The second-order valence-electron chi connectivity index (χ2n) is 10.8. The SMILES string of the molecule is CC1(C)OCC[C@H]2[C@@H](C=C(P(c3ccccc3)c3ccccc3)[C@@H]2CP(c2ccccc2)c2ccccc2)O1. The van der Waals surface area contributed by atoms with Crippen LogP contribution in [-0.2, 0) is 9.47 Å². The van der Waals surface area contributed by atoms with Gasteiger partial charge in [0.25, 0.3) is 0 Å². The van der Waals surface area contributed by atoms with Crippen LogP contribution in [0.1, 0.15) is 20.3 Å². The average molecular weight is 551 g/mol. The van der Waals surface area contributed by atoms with Crippen molar-refractivity contribution in [3.05, 3.63) is 133 Å². The van der Waals surface area contributed by atoms with E-state index in [0.717, 1.165) is 19.2 Å². The van der Waals surface area contributed by atoms with Crippen molar-refractivity contribution >= 4 is 37.1 Å². The van der Waals surface area contributed by atoms with E-state index in [9.17, 15) is 0 Å². The third-order valence-electron chi connectivity index (χ3n) is 7.78. The van der Waals surface area contributed by atoms with E-state index >= 15 is 0 Å². The summed E-state index contributed by atoms with van der Waals surface area (Å²) < 4.78 is 12.9. The second-order valence-corrected chi connectivity index (χ2v) is 15.2. The molecule has 3 atom stereocenters. The van der Waals surface area contributed by atoms with E-state index in [0.29, 0.717) is 11.8 Å². The summed E-state index contributed by atoms with van der Waals surface area (Å²) in [6, 6.07) is 44.5. The van der Waals surface area contributed by atoms with Gasteiger partial charge in [0.1, 0.15) is 0 Å². The summed E-state index contributed by atoms with van der Waals surface area (Å²) in [6.45, 7) is 4.86. The van der Waals surface area contributed by atoms with Gasteiger partial charge in [0, 0.05) is 0 Å². The van der Waals surface area contributed by atoms with Crippen LogP contribution in [-0.4, -0.2) is 24.7 Å². The van der Waals surface area contributed by atoms with Gasteiger partial charge in [-0.05, 0) is 80.6 Å². The van der Waals surface area contributed by atoms with Crippen LogP contribution in [0, 0.1) is 11.8 Å². The van der Waals surface area contributed by atoms with Gasteiger partial charge in [-0.3, -0.25) is 0 Å². The van der Waals surface area contributed by atoms with Crippen LogP contribution in [0.5, 0.6) is 0 Å². The van der Waals surface area contributed by atoms with E-state index in [1.165, 1.54) is 21.2 Å². The summed E-state index contributed by atoms with van der Waals surface area (Å²) >= 11 is 0. The molecule has 0 spiro atoms. The standard InChI is InChI=1S/C35H36O2P2/c1-35(2)36-24-23-31-32(26-38(27-15-7-3-8-16-27)28-17-9-4-10-18-28)34(25-33(31)37-35)39(29-19-11-5-12-20-29)30-21-13-6-14-22-30/h3-22,25,31-33H,23-24,26H2,1-2H3/t31-,32-,33-/m1/s1. The van der Waals surface area contributed by atoms with E-state index < -0.39 is 21.6 Å². The highest BCUT2D eigenvalue weighted by molar-refractivity contribution is 7.77. The fourth-order valence-corrected chi connectivity index (χ4v) is 11.5. The Morgan fingerprint density at radius 2 is 1.13 bits per heavy atom. The molecule has 6 rings (SSSR count). The Balaban J connectivity index is 1.47. The Morgan fingerprint density at radius 1 is 0.667 bits per heavy atom.